The molecule has 0 aliphatic heterocycles. The largest absolute Gasteiger partial charge is 0.474 e. The predicted octanol–water partition coefficient (Wildman–Crippen LogP) is 2.35. The molecule has 7 nitrogen and oxygen atoms in total. The smallest absolute Gasteiger partial charge is 0.258 e. The molecule has 142 valence electrons. The highest BCUT2D eigenvalue weighted by Gasteiger charge is 2.29. The molecule has 2 aliphatic carbocycles. The number of carbonyl (C=O) groups is 1. The molecule has 3 rings (SSSR count). The monoisotopic (exact) mass is 379 g/mol. The lowest BCUT2D eigenvalue weighted by Gasteiger charge is -2.17. The second kappa shape index (κ2) is 7.73. The Morgan fingerprint density at radius 1 is 1.31 bits per heavy atom. The maximum atomic E-state index is 12.6. The van der Waals surface area contributed by atoms with E-state index in [9.17, 15) is 13.2 Å². The third kappa shape index (κ3) is 5.27. The van der Waals surface area contributed by atoms with E-state index in [1.807, 2.05) is 0 Å². The minimum absolute atomic E-state index is 0.0889. The standard InChI is InChI=1S/C18H25N3O4S/c1-12(9-10-26(2,23)24)20-17(22)15-11-19-16(13-7-8-13)21-18(15)25-14-5-3-4-6-14/h9-14H,3-8H2,1-2H3,(H,20,22)/b10-9+. The third-order valence-electron chi connectivity index (χ3n) is 4.51. The van der Waals surface area contributed by atoms with Crippen LogP contribution >= 0.6 is 0 Å². The number of hydrogen-bond acceptors (Lipinski definition) is 6. The van der Waals surface area contributed by atoms with Gasteiger partial charge >= 0.3 is 0 Å². The number of amides is 1. The highest BCUT2D eigenvalue weighted by atomic mass is 32.2. The first-order valence-electron chi connectivity index (χ1n) is 9.04. The van der Waals surface area contributed by atoms with Crippen molar-refractivity contribution >= 4 is 15.7 Å². The van der Waals surface area contributed by atoms with Gasteiger partial charge in [0.05, 0.1) is 0 Å². The molecule has 0 saturated heterocycles. The molecule has 8 heteroatoms. The zero-order chi connectivity index (χ0) is 18.7. The average Bonchev–Trinajstić information content (AvgIpc) is 3.30. The van der Waals surface area contributed by atoms with E-state index in [4.69, 9.17) is 4.74 Å². The van der Waals surface area contributed by atoms with Gasteiger partial charge in [0.25, 0.3) is 5.91 Å². The summed E-state index contributed by atoms with van der Waals surface area (Å²) < 4.78 is 28.4. The van der Waals surface area contributed by atoms with E-state index in [1.54, 1.807) is 6.92 Å². The van der Waals surface area contributed by atoms with Gasteiger partial charge in [0.1, 0.15) is 17.5 Å². The highest BCUT2D eigenvalue weighted by Crippen LogP contribution is 2.39. The van der Waals surface area contributed by atoms with E-state index < -0.39 is 15.9 Å². The molecule has 0 aromatic carbocycles. The van der Waals surface area contributed by atoms with Gasteiger partial charge in [-0.2, -0.15) is 4.98 Å². The number of nitrogens with zero attached hydrogens (tertiary/aromatic N) is 2. The molecular weight excluding hydrogens is 354 g/mol. The van der Waals surface area contributed by atoms with E-state index in [-0.39, 0.29) is 12.0 Å². The summed E-state index contributed by atoms with van der Waals surface area (Å²) in [5.74, 6) is 1.07. The fourth-order valence-corrected chi connectivity index (χ4v) is 3.44. The van der Waals surface area contributed by atoms with Gasteiger partial charge in [-0.15, -0.1) is 0 Å². The molecule has 1 aromatic rings. The van der Waals surface area contributed by atoms with Crippen LogP contribution in [0.5, 0.6) is 5.88 Å². The summed E-state index contributed by atoms with van der Waals surface area (Å²) in [6, 6.07) is -0.445. The number of carbonyl (C=O) groups excluding carboxylic acids is 1. The lowest BCUT2D eigenvalue weighted by Crippen LogP contribution is -2.32. The molecule has 0 radical (unpaired) electrons. The van der Waals surface area contributed by atoms with Crippen molar-refractivity contribution in [1.82, 2.24) is 15.3 Å². The van der Waals surface area contributed by atoms with Crippen LogP contribution < -0.4 is 10.1 Å². The van der Waals surface area contributed by atoms with E-state index in [0.29, 0.717) is 17.4 Å². The molecule has 2 aliphatic rings. The maximum absolute atomic E-state index is 12.6. The number of sulfone groups is 1. The van der Waals surface area contributed by atoms with Crippen molar-refractivity contribution in [1.29, 1.82) is 0 Å². The summed E-state index contributed by atoms with van der Waals surface area (Å²) in [5, 5.41) is 3.83. The molecule has 1 atom stereocenters. The van der Waals surface area contributed by atoms with Gasteiger partial charge in [-0.25, -0.2) is 13.4 Å². The molecule has 2 saturated carbocycles. The van der Waals surface area contributed by atoms with Gasteiger partial charge in [0, 0.05) is 29.8 Å². The summed E-state index contributed by atoms with van der Waals surface area (Å²) in [6.07, 6.45) is 10.5. The zero-order valence-corrected chi connectivity index (χ0v) is 16.0. The number of rotatable bonds is 7. The summed E-state index contributed by atoms with van der Waals surface area (Å²) >= 11 is 0. The molecule has 0 bridgehead atoms. The van der Waals surface area contributed by atoms with Crippen molar-refractivity contribution < 1.29 is 17.9 Å². The fraction of sp³-hybridized carbons (Fsp3) is 0.611. The Labute approximate surface area is 154 Å². The van der Waals surface area contributed by atoms with E-state index in [0.717, 1.165) is 56.0 Å². The molecule has 0 spiro atoms. The van der Waals surface area contributed by atoms with Crippen LogP contribution in [0.25, 0.3) is 0 Å². The van der Waals surface area contributed by atoms with Crippen LogP contribution in [0, 0.1) is 0 Å². The maximum Gasteiger partial charge on any atom is 0.258 e. The van der Waals surface area contributed by atoms with Gasteiger partial charge in [-0.05, 0) is 45.4 Å². The van der Waals surface area contributed by atoms with Crippen molar-refractivity contribution in [2.45, 2.75) is 63.5 Å². The van der Waals surface area contributed by atoms with Crippen LogP contribution in [0.4, 0.5) is 0 Å². The summed E-state index contributed by atoms with van der Waals surface area (Å²) in [7, 11) is -3.23. The highest BCUT2D eigenvalue weighted by molar-refractivity contribution is 7.93. The number of aromatic nitrogens is 2. The Morgan fingerprint density at radius 3 is 2.62 bits per heavy atom. The normalized spacial score (nSPS) is 19.6. The SMILES string of the molecule is CC(/C=C/S(C)(=O)=O)NC(=O)c1cnc(C2CC2)nc1OC1CCCC1. The van der Waals surface area contributed by atoms with E-state index in [1.165, 1.54) is 12.3 Å². The molecule has 1 N–H and O–H groups in total. The van der Waals surface area contributed by atoms with E-state index in [2.05, 4.69) is 15.3 Å². The van der Waals surface area contributed by atoms with Crippen LogP contribution in [-0.4, -0.2) is 42.7 Å². The average molecular weight is 379 g/mol. The van der Waals surface area contributed by atoms with E-state index >= 15 is 0 Å². The Bertz CT molecular complexity index is 797. The van der Waals surface area contributed by atoms with Crippen LogP contribution in [0.1, 0.15) is 67.5 Å². The number of hydrogen-bond donors (Lipinski definition) is 1. The first kappa shape index (κ1) is 18.8. The summed E-state index contributed by atoms with van der Waals surface area (Å²) in [4.78, 5) is 21.4. The quantitative estimate of drug-likeness (QED) is 0.781. The molecule has 2 fully saturated rings. The molecule has 1 heterocycles. The Morgan fingerprint density at radius 2 is 2.00 bits per heavy atom. The number of ether oxygens (including phenoxy) is 1. The van der Waals surface area contributed by atoms with Gasteiger partial charge in [-0.1, -0.05) is 6.08 Å². The van der Waals surface area contributed by atoms with Crippen LogP contribution in [0.15, 0.2) is 17.7 Å². The summed E-state index contributed by atoms with van der Waals surface area (Å²) in [5.41, 5.74) is 0.293. The van der Waals surface area contributed by atoms with Gasteiger partial charge in [0.15, 0.2) is 9.84 Å². The van der Waals surface area contributed by atoms with Crippen LogP contribution in [0.2, 0.25) is 0 Å². The Balaban J connectivity index is 1.76. The lowest BCUT2D eigenvalue weighted by molar-refractivity contribution is 0.0937. The topological polar surface area (TPSA) is 98.2 Å². The minimum Gasteiger partial charge on any atom is -0.474 e. The van der Waals surface area contributed by atoms with Crippen LogP contribution in [-0.2, 0) is 9.84 Å². The summed E-state index contributed by atoms with van der Waals surface area (Å²) in [6.45, 7) is 1.70. The van der Waals surface area contributed by atoms with Gasteiger partial charge in [-0.3, -0.25) is 4.79 Å². The number of nitrogens with one attached hydrogen (secondary N) is 1. The molecule has 1 amide bonds. The Kier molecular flexibility index (Phi) is 5.60. The van der Waals surface area contributed by atoms with Gasteiger partial charge in [0.2, 0.25) is 5.88 Å². The fourth-order valence-electron chi connectivity index (χ4n) is 2.92. The predicted molar refractivity (Wildman–Crippen MR) is 97.8 cm³/mol. The molecular formula is C18H25N3O4S. The van der Waals surface area contributed by atoms with Crippen molar-refractivity contribution in [3.05, 3.63) is 29.1 Å². The molecule has 1 aromatic heterocycles. The van der Waals surface area contributed by atoms with Crippen molar-refractivity contribution in [3.8, 4) is 5.88 Å². The molecule has 26 heavy (non-hydrogen) atoms. The van der Waals surface area contributed by atoms with Crippen molar-refractivity contribution in [3.63, 3.8) is 0 Å². The van der Waals surface area contributed by atoms with Gasteiger partial charge < -0.3 is 10.1 Å². The minimum atomic E-state index is -3.23. The van der Waals surface area contributed by atoms with Crippen molar-refractivity contribution in [2.75, 3.05) is 6.26 Å². The van der Waals surface area contributed by atoms with Crippen molar-refractivity contribution in [2.24, 2.45) is 0 Å². The Hall–Kier alpha value is -1.96. The second-order valence-electron chi connectivity index (χ2n) is 7.17. The molecule has 1 unspecified atom stereocenters. The first-order chi connectivity index (χ1) is 12.3. The third-order valence-corrected chi connectivity index (χ3v) is 5.16. The van der Waals surface area contributed by atoms with Crippen LogP contribution in [0.3, 0.4) is 0 Å². The zero-order valence-electron chi connectivity index (χ0n) is 15.1. The first-order valence-corrected chi connectivity index (χ1v) is 11.0. The lowest BCUT2D eigenvalue weighted by atomic mass is 10.2. The second-order valence-corrected chi connectivity index (χ2v) is 9.10.